The van der Waals surface area contributed by atoms with E-state index in [9.17, 15) is 4.79 Å². The van der Waals surface area contributed by atoms with Crippen LogP contribution in [0.3, 0.4) is 0 Å². The highest BCUT2D eigenvalue weighted by molar-refractivity contribution is 6.03. The highest BCUT2D eigenvalue weighted by Crippen LogP contribution is 2.15. The van der Waals surface area contributed by atoms with Crippen LogP contribution < -0.4 is 10.6 Å². The van der Waals surface area contributed by atoms with E-state index in [1.807, 2.05) is 32.0 Å². The van der Waals surface area contributed by atoms with Crippen molar-refractivity contribution in [3.05, 3.63) is 47.4 Å². The monoisotopic (exact) mass is 300 g/mol. The molecule has 6 nitrogen and oxygen atoms in total. The number of carbonyl (C=O) groups is 1. The summed E-state index contributed by atoms with van der Waals surface area (Å²) in [6.07, 6.45) is 1.37. The average molecular weight is 300 g/mol. The molecule has 0 aliphatic rings. The summed E-state index contributed by atoms with van der Waals surface area (Å²) in [6, 6.07) is 7.40. The Labute approximate surface area is 129 Å². The zero-order valence-corrected chi connectivity index (χ0v) is 13.0. The van der Waals surface area contributed by atoms with Crippen molar-refractivity contribution in [2.45, 2.75) is 13.8 Å². The van der Waals surface area contributed by atoms with E-state index in [-0.39, 0.29) is 5.91 Å². The minimum Gasteiger partial charge on any atom is -0.383 e. The summed E-state index contributed by atoms with van der Waals surface area (Å²) in [5, 5.41) is 5.90. The van der Waals surface area contributed by atoms with Crippen LogP contribution in [0.1, 0.15) is 21.6 Å². The van der Waals surface area contributed by atoms with Gasteiger partial charge in [-0.2, -0.15) is 0 Å². The van der Waals surface area contributed by atoms with Gasteiger partial charge in [-0.05, 0) is 37.1 Å². The van der Waals surface area contributed by atoms with Crippen LogP contribution in [0.5, 0.6) is 0 Å². The number of aromatic nitrogens is 2. The molecule has 1 aromatic carbocycles. The van der Waals surface area contributed by atoms with Crippen molar-refractivity contribution in [1.82, 2.24) is 9.97 Å². The van der Waals surface area contributed by atoms with Gasteiger partial charge in [-0.3, -0.25) is 4.79 Å². The SMILES string of the molecule is COCCNc1cc(C(=O)Nc2ccc(C)c(C)c2)ncn1. The Balaban J connectivity index is 2.05. The second kappa shape index (κ2) is 7.51. The lowest BCUT2D eigenvalue weighted by Gasteiger charge is -2.08. The van der Waals surface area contributed by atoms with Gasteiger partial charge in [0.25, 0.3) is 5.91 Å². The zero-order valence-electron chi connectivity index (χ0n) is 13.0. The van der Waals surface area contributed by atoms with E-state index < -0.39 is 0 Å². The van der Waals surface area contributed by atoms with Crippen LogP contribution in [0, 0.1) is 13.8 Å². The van der Waals surface area contributed by atoms with Gasteiger partial charge in [0.2, 0.25) is 0 Å². The van der Waals surface area contributed by atoms with Crippen LogP contribution in [0.4, 0.5) is 11.5 Å². The largest absolute Gasteiger partial charge is 0.383 e. The predicted molar refractivity (Wildman–Crippen MR) is 86.3 cm³/mol. The first-order valence-electron chi connectivity index (χ1n) is 7.03. The molecule has 116 valence electrons. The molecule has 1 heterocycles. The molecule has 0 saturated heterocycles. The van der Waals surface area contributed by atoms with Gasteiger partial charge in [0.1, 0.15) is 17.8 Å². The number of rotatable bonds is 6. The second-order valence-electron chi connectivity index (χ2n) is 4.96. The molecule has 0 radical (unpaired) electrons. The van der Waals surface area contributed by atoms with Crippen LogP contribution in [-0.4, -0.2) is 36.1 Å². The first-order chi connectivity index (χ1) is 10.6. The first kappa shape index (κ1) is 15.9. The molecule has 0 aliphatic heterocycles. The number of ether oxygens (including phenoxy) is 1. The molecule has 0 saturated carbocycles. The maximum Gasteiger partial charge on any atom is 0.274 e. The minimum absolute atomic E-state index is 0.263. The molecule has 2 rings (SSSR count). The molecule has 1 amide bonds. The number of nitrogens with zero attached hydrogens (tertiary/aromatic N) is 2. The van der Waals surface area contributed by atoms with E-state index in [0.29, 0.717) is 24.7 Å². The number of benzene rings is 1. The van der Waals surface area contributed by atoms with Crippen molar-refractivity contribution in [2.24, 2.45) is 0 Å². The smallest absolute Gasteiger partial charge is 0.274 e. The lowest BCUT2D eigenvalue weighted by atomic mass is 10.1. The highest BCUT2D eigenvalue weighted by Gasteiger charge is 2.09. The van der Waals surface area contributed by atoms with Crippen molar-refractivity contribution in [3.63, 3.8) is 0 Å². The fourth-order valence-corrected chi connectivity index (χ4v) is 1.87. The Morgan fingerprint density at radius 1 is 1.18 bits per heavy atom. The molecule has 2 N–H and O–H groups in total. The highest BCUT2D eigenvalue weighted by atomic mass is 16.5. The van der Waals surface area contributed by atoms with Crippen LogP contribution in [0.2, 0.25) is 0 Å². The number of nitrogens with one attached hydrogen (secondary N) is 2. The topological polar surface area (TPSA) is 76.1 Å². The van der Waals surface area contributed by atoms with E-state index in [1.54, 1.807) is 13.2 Å². The summed E-state index contributed by atoms with van der Waals surface area (Å²) in [4.78, 5) is 20.3. The van der Waals surface area contributed by atoms with Gasteiger partial charge >= 0.3 is 0 Å². The number of carbonyl (C=O) groups excluding carboxylic acids is 1. The van der Waals surface area contributed by atoms with Gasteiger partial charge < -0.3 is 15.4 Å². The Morgan fingerprint density at radius 3 is 2.73 bits per heavy atom. The third-order valence-electron chi connectivity index (χ3n) is 3.28. The molecule has 2 aromatic rings. The fourth-order valence-electron chi connectivity index (χ4n) is 1.87. The fraction of sp³-hybridized carbons (Fsp3) is 0.312. The number of aryl methyl sites for hydroxylation is 2. The average Bonchev–Trinajstić information content (AvgIpc) is 2.51. The Hall–Kier alpha value is -2.47. The summed E-state index contributed by atoms with van der Waals surface area (Å²) in [5.74, 6) is 0.331. The maximum absolute atomic E-state index is 12.2. The number of methoxy groups -OCH3 is 1. The molecular formula is C16H20N4O2. The van der Waals surface area contributed by atoms with Crippen LogP contribution in [-0.2, 0) is 4.74 Å². The third-order valence-corrected chi connectivity index (χ3v) is 3.28. The lowest BCUT2D eigenvalue weighted by molar-refractivity contribution is 0.102. The first-order valence-corrected chi connectivity index (χ1v) is 7.03. The molecule has 0 fully saturated rings. The van der Waals surface area contributed by atoms with Crippen molar-refractivity contribution in [3.8, 4) is 0 Å². The van der Waals surface area contributed by atoms with E-state index in [0.717, 1.165) is 11.3 Å². The second-order valence-corrected chi connectivity index (χ2v) is 4.96. The third kappa shape index (κ3) is 4.26. The van der Waals surface area contributed by atoms with Gasteiger partial charge in [-0.25, -0.2) is 9.97 Å². The summed E-state index contributed by atoms with van der Waals surface area (Å²) in [7, 11) is 1.63. The summed E-state index contributed by atoms with van der Waals surface area (Å²) in [5.41, 5.74) is 3.38. The Kier molecular flexibility index (Phi) is 5.43. The molecule has 0 unspecified atom stereocenters. The number of anilines is 2. The molecule has 0 atom stereocenters. The maximum atomic E-state index is 12.2. The normalized spacial score (nSPS) is 10.3. The number of hydrogen-bond donors (Lipinski definition) is 2. The molecule has 22 heavy (non-hydrogen) atoms. The van der Waals surface area contributed by atoms with E-state index >= 15 is 0 Å². The summed E-state index contributed by atoms with van der Waals surface area (Å²) >= 11 is 0. The standard InChI is InChI=1S/C16H20N4O2/c1-11-4-5-13(8-12(11)2)20-16(21)14-9-15(19-10-18-14)17-6-7-22-3/h4-5,8-10H,6-7H2,1-3H3,(H,20,21)(H,17,18,19). The number of hydrogen-bond acceptors (Lipinski definition) is 5. The van der Waals surface area contributed by atoms with E-state index in [4.69, 9.17) is 4.74 Å². The molecule has 1 aromatic heterocycles. The van der Waals surface area contributed by atoms with Gasteiger partial charge in [0.15, 0.2) is 0 Å². The summed E-state index contributed by atoms with van der Waals surface area (Å²) in [6.45, 7) is 5.22. The van der Waals surface area contributed by atoms with Crippen LogP contribution in [0.25, 0.3) is 0 Å². The van der Waals surface area contributed by atoms with Crippen molar-refractivity contribution >= 4 is 17.4 Å². The lowest BCUT2D eigenvalue weighted by Crippen LogP contribution is -2.15. The minimum atomic E-state index is -0.263. The number of amides is 1. The van der Waals surface area contributed by atoms with Gasteiger partial charge in [0.05, 0.1) is 6.61 Å². The predicted octanol–water partition coefficient (Wildman–Crippen LogP) is 2.40. The molecule has 0 spiro atoms. The quantitative estimate of drug-likeness (QED) is 0.801. The summed E-state index contributed by atoms with van der Waals surface area (Å²) < 4.78 is 4.96. The van der Waals surface area contributed by atoms with Crippen molar-refractivity contribution in [1.29, 1.82) is 0 Å². The molecule has 0 bridgehead atoms. The van der Waals surface area contributed by atoms with E-state index in [2.05, 4.69) is 20.6 Å². The Morgan fingerprint density at radius 2 is 2.00 bits per heavy atom. The molecule has 0 aliphatic carbocycles. The molecular weight excluding hydrogens is 280 g/mol. The van der Waals surface area contributed by atoms with Gasteiger partial charge in [-0.1, -0.05) is 6.07 Å². The van der Waals surface area contributed by atoms with Crippen molar-refractivity contribution < 1.29 is 9.53 Å². The van der Waals surface area contributed by atoms with Gasteiger partial charge in [0, 0.05) is 25.4 Å². The van der Waals surface area contributed by atoms with Gasteiger partial charge in [-0.15, -0.1) is 0 Å². The van der Waals surface area contributed by atoms with Crippen LogP contribution >= 0.6 is 0 Å². The molecule has 6 heteroatoms. The van der Waals surface area contributed by atoms with E-state index in [1.165, 1.54) is 11.9 Å². The zero-order chi connectivity index (χ0) is 15.9. The van der Waals surface area contributed by atoms with Crippen molar-refractivity contribution in [2.75, 3.05) is 30.9 Å². The Bertz CT molecular complexity index is 658. The van der Waals surface area contributed by atoms with Crippen LogP contribution in [0.15, 0.2) is 30.6 Å².